The van der Waals surface area contributed by atoms with Crippen LogP contribution in [0.4, 0.5) is 13.6 Å². The van der Waals surface area contributed by atoms with Gasteiger partial charge in [0.25, 0.3) is 5.92 Å². The summed E-state index contributed by atoms with van der Waals surface area (Å²) >= 11 is 0. The third-order valence-corrected chi connectivity index (χ3v) is 4.77. The molecule has 3 rings (SSSR count). The summed E-state index contributed by atoms with van der Waals surface area (Å²) < 4.78 is 33.5. The zero-order valence-corrected chi connectivity index (χ0v) is 14.3. The molecular formula is C18H19F2N3O3. The van der Waals surface area contributed by atoms with Gasteiger partial charge in [0.1, 0.15) is 5.75 Å². The maximum absolute atomic E-state index is 14.2. The largest absolute Gasteiger partial charge is 0.415 e. The van der Waals surface area contributed by atoms with Crippen molar-refractivity contribution in [2.24, 2.45) is 0 Å². The first kappa shape index (κ1) is 18.1. The number of benzene rings is 1. The van der Waals surface area contributed by atoms with Gasteiger partial charge in [-0.2, -0.15) is 5.26 Å². The van der Waals surface area contributed by atoms with E-state index in [9.17, 15) is 18.4 Å². The molecule has 0 radical (unpaired) electrons. The Kier molecular flexibility index (Phi) is 4.81. The highest BCUT2D eigenvalue weighted by atomic mass is 19.3. The number of amides is 2. The third kappa shape index (κ3) is 3.77. The van der Waals surface area contributed by atoms with Crippen LogP contribution in [0.25, 0.3) is 0 Å². The Bertz CT molecular complexity index is 745. The second-order valence-electron chi connectivity index (χ2n) is 6.79. The van der Waals surface area contributed by atoms with E-state index in [-0.39, 0.29) is 24.2 Å². The van der Waals surface area contributed by atoms with Crippen LogP contribution in [-0.2, 0) is 4.79 Å². The summed E-state index contributed by atoms with van der Waals surface area (Å²) in [4.78, 5) is 26.8. The van der Waals surface area contributed by atoms with E-state index in [0.29, 0.717) is 18.4 Å². The number of halogens is 2. The van der Waals surface area contributed by atoms with Crippen molar-refractivity contribution in [2.45, 2.75) is 44.2 Å². The molecule has 2 atom stereocenters. The highest BCUT2D eigenvalue weighted by Crippen LogP contribution is 2.33. The van der Waals surface area contributed by atoms with Crippen LogP contribution in [0, 0.1) is 11.3 Å². The number of rotatable bonds is 2. The zero-order valence-electron chi connectivity index (χ0n) is 14.3. The molecule has 2 heterocycles. The molecular weight excluding hydrogens is 344 g/mol. The fourth-order valence-electron chi connectivity index (χ4n) is 3.57. The van der Waals surface area contributed by atoms with Crippen molar-refractivity contribution in [1.82, 2.24) is 9.80 Å². The van der Waals surface area contributed by atoms with Crippen molar-refractivity contribution in [3.63, 3.8) is 0 Å². The van der Waals surface area contributed by atoms with Crippen molar-refractivity contribution in [2.75, 3.05) is 13.1 Å². The van der Waals surface area contributed by atoms with E-state index < -0.39 is 31.0 Å². The number of carbonyl (C=O) groups is 2. The van der Waals surface area contributed by atoms with Crippen molar-refractivity contribution in [1.29, 1.82) is 5.26 Å². The SMILES string of the molecule is CC1CCC(=O)N1[C@H]1CN(C(=O)Oc2ccc(C#N)cc2)CC(F)(F)C1. The van der Waals surface area contributed by atoms with E-state index in [0.717, 1.165) is 4.90 Å². The molecule has 6 nitrogen and oxygen atoms in total. The Balaban J connectivity index is 1.72. The molecule has 2 aliphatic rings. The predicted octanol–water partition coefficient (Wildman–Crippen LogP) is 2.78. The summed E-state index contributed by atoms with van der Waals surface area (Å²) in [5.74, 6) is -3.07. The van der Waals surface area contributed by atoms with Gasteiger partial charge < -0.3 is 9.64 Å². The normalized spacial score (nSPS) is 25.1. The number of nitrogens with zero attached hydrogens (tertiary/aromatic N) is 3. The molecule has 1 unspecified atom stereocenters. The van der Waals surface area contributed by atoms with Crippen LogP contribution < -0.4 is 4.74 Å². The first-order valence-electron chi connectivity index (χ1n) is 8.45. The topological polar surface area (TPSA) is 73.6 Å². The van der Waals surface area contributed by atoms with Crippen molar-refractivity contribution >= 4 is 12.0 Å². The van der Waals surface area contributed by atoms with Gasteiger partial charge in [0.2, 0.25) is 5.91 Å². The Morgan fingerprint density at radius 3 is 2.62 bits per heavy atom. The van der Waals surface area contributed by atoms with Gasteiger partial charge in [-0.15, -0.1) is 0 Å². The quantitative estimate of drug-likeness (QED) is 0.810. The van der Waals surface area contributed by atoms with Crippen LogP contribution >= 0.6 is 0 Å². The number of alkyl halides is 2. The Labute approximate surface area is 149 Å². The smallest absolute Gasteiger partial charge is 0.410 e. The average molecular weight is 363 g/mol. The maximum atomic E-state index is 14.2. The highest BCUT2D eigenvalue weighted by Gasteiger charge is 2.47. The van der Waals surface area contributed by atoms with Gasteiger partial charge >= 0.3 is 6.09 Å². The lowest BCUT2D eigenvalue weighted by atomic mass is 10.0. The summed E-state index contributed by atoms with van der Waals surface area (Å²) in [5.41, 5.74) is 0.399. The van der Waals surface area contributed by atoms with Crippen LogP contribution in [0.3, 0.4) is 0 Å². The second kappa shape index (κ2) is 6.90. The summed E-state index contributed by atoms with van der Waals surface area (Å²) in [6.07, 6.45) is -0.363. The molecule has 8 heteroatoms. The van der Waals surface area contributed by atoms with Gasteiger partial charge in [-0.3, -0.25) is 9.69 Å². The number of carbonyl (C=O) groups excluding carboxylic acids is 2. The van der Waals surface area contributed by atoms with Crippen molar-refractivity contribution in [3.05, 3.63) is 29.8 Å². The summed E-state index contributed by atoms with van der Waals surface area (Å²) in [6.45, 7) is 1.10. The maximum Gasteiger partial charge on any atom is 0.415 e. The van der Waals surface area contributed by atoms with E-state index in [4.69, 9.17) is 10.00 Å². The van der Waals surface area contributed by atoms with Gasteiger partial charge in [0, 0.05) is 25.4 Å². The lowest BCUT2D eigenvalue weighted by molar-refractivity contribution is -0.137. The minimum Gasteiger partial charge on any atom is -0.410 e. The number of hydrogen-bond acceptors (Lipinski definition) is 4. The monoisotopic (exact) mass is 363 g/mol. The molecule has 26 heavy (non-hydrogen) atoms. The second-order valence-corrected chi connectivity index (χ2v) is 6.79. The van der Waals surface area contributed by atoms with Crippen molar-refractivity contribution < 1.29 is 23.1 Å². The number of ether oxygens (including phenoxy) is 1. The van der Waals surface area contributed by atoms with E-state index in [1.807, 2.05) is 13.0 Å². The molecule has 2 fully saturated rings. The molecule has 2 amide bonds. The fraction of sp³-hybridized carbons (Fsp3) is 0.500. The fourth-order valence-corrected chi connectivity index (χ4v) is 3.57. The lowest BCUT2D eigenvalue weighted by Gasteiger charge is -2.42. The van der Waals surface area contributed by atoms with Crippen LogP contribution in [-0.4, -0.2) is 52.9 Å². The highest BCUT2D eigenvalue weighted by molar-refractivity contribution is 5.79. The molecule has 0 aliphatic carbocycles. The number of nitriles is 1. The average Bonchev–Trinajstić information content (AvgIpc) is 2.92. The summed E-state index contributed by atoms with van der Waals surface area (Å²) in [7, 11) is 0. The van der Waals surface area contributed by atoms with E-state index in [1.165, 1.54) is 29.2 Å². The van der Waals surface area contributed by atoms with Crippen LogP contribution in [0.2, 0.25) is 0 Å². The van der Waals surface area contributed by atoms with Gasteiger partial charge in [-0.05, 0) is 37.6 Å². The molecule has 2 saturated heterocycles. The molecule has 0 aromatic heterocycles. The minimum atomic E-state index is -3.09. The number of piperidine rings is 1. The predicted molar refractivity (Wildman–Crippen MR) is 87.6 cm³/mol. The van der Waals surface area contributed by atoms with E-state index in [1.54, 1.807) is 0 Å². The van der Waals surface area contributed by atoms with Gasteiger partial charge in [0.15, 0.2) is 0 Å². The minimum absolute atomic E-state index is 0.0147. The molecule has 0 bridgehead atoms. The molecule has 138 valence electrons. The molecule has 1 aromatic rings. The Morgan fingerprint density at radius 2 is 2.04 bits per heavy atom. The van der Waals surface area contributed by atoms with E-state index in [2.05, 4.69) is 0 Å². The molecule has 0 spiro atoms. The van der Waals surface area contributed by atoms with Crippen molar-refractivity contribution in [3.8, 4) is 11.8 Å². The summed E-state index contributed by atoms with van der Waals surface area (Å²) in [6, 6.07) is 6.91. The van der Waals surface area contributed by atoms with Gasteiger partial charge in [0.05, 0.1) is 24.2 Å². The van der Waals surface area contributed by atoms with Crippen LogP contribution in [0.5, 0.6) is 5.75 Å². The number of likely N-dealkylation sites (tertiary alicyclic amines) is 2. The molecule has 1 aromatic carbocycles. The van der Waals surface area contributed by atoms with Gasteiger partial charge in [-0.25, -0.2) is 13.6 Å². The van der Waals surface area contributed by atoms with E-state index >= 15 is 0 Å². The Morgan fingerprint density at radius 1 is 1.35 bits per heavy atom. The van der Waals surface area contributed by atoms with Gasteiger partial charge in [-0.1, -0.05) is 0 Å². The first-order valence-corrected chi connectivity index (χ1v) is 8.45. The Hall–Kier alpha value is -2.69. The lowest BCUT2D eigenvalue weighted by Crippen LogP contribution is -2.58. The zero-order chi connectivity index (χ0) is 18.9. The number of hydrogen-bond donors (Lipinski definition) is 0. The standard InChI is InChI=1S/C18H19F2N3O3/c1-12-2-7-16(24)23(12)14-8-18(19,20)11-22(10-14)17(25)26-15-5-3-13(9-21)4-6-15/h3-6,12,14H,2,7-8,10-11H2,1H3/t12?,14-/m1/s1. The molecule has 0 saturated carbocycles. The van der Waals surface area contributed by atoms with Crippen LogP contribution in [0.1, 0.15) is 31.7 Å². The third-order valence-electron chi connectivity index (χ3n) is 4.77. The molecule has 2 aliphatic heterocycles. The molecule has 0 N–H and O–H groups in total. The summed E-state index contributed by atoms with van der Waals surface area (Å²) in [5, 5.41) is 8.77. The first-order chi connectivity index (χ1) is 12.3. The van der Waals surface area contributed by atoms with Crippen LogP contribution in [0.15, 0.2) is 24.3 Å².